The van der Waals surface area contributed by atoms with Crippen molar-refractivity contribution in [3.8, 4) is 11.6 Å². The van der Waals surface area contributed by atoms with Gasteiger partial charge in [0, 0.05) is 5.02 Å². The maximum atomic E-state index is 12.7. The molecule has 1 amide bonds. The summed E-state index contributed by atoms with van der Waals surface area (Å²) in [7, 11) is -2.72. The molecule has 1 atom stereocenters. The van der Waals surface area contributed by atoms with E-state index in [9.17, 15) is 18.3 Å². The molecule has 9 nitrogen and oxygen atoms in total. The molecule has 1 aromatic carbocycles. The van der Waals surface area contributed by atoms with Gasteiger partial charge >= 0.3 is 0 Å². The highest BCUT2D eigenvalue weighted by atomic mass is 35.5. The number of amides is 1. The van der Waals surface area contributed by atoms with Gasteiger partial charge in [-0.15, -0.1) is 0 Å². The van der Waals surface area contributed by atoms with Gasteiger partial charge in [-0.2, -0.15) is 0 Å². The number of carbonyl (C=O) groups excluding carboxylic acids is 1. The summed E-state index contributed by atoms with van der Waals surface area (Å²) in [6, 6.07) is 4.90. The van der Waals surface area contributed by atoms with Crippen LogP contribution in [0.5, 0.6) is 11.6 Å². The lowest BCUT2D eigenvalue weighted by atomic mass is 10.2. The minimum atomic E-state index is -4.06. The maximum Gasteiger partial charge on any atom is 0.265 e. The molecule has 0 unspecified atom stereocenters. The predicted molar refractivity (Wildman–Crippen MR) is 96.9 cm³/mol. The second-order valence-corrected chi connectivity index (χ2v) is 7.73. The Hall–Kier alpha value is -2.56. The first-order valence-electron chi connectivity index (χ1n) is 7.75. The van der Waals surface area contributed by atoms with E-state index in [4.69, 9.17) is 21.1 Å². The summed E-state index contributed by atoms with van der Waals surface area (Å²) in [4.78, 5) is 16.1. The van der Waals surface area contributed by atoms with Crippen molar-refractivity contribution in [2.45, 2.75) is 10.9 Å². The van der Waals surface area contributed by atoms with Crippen molar-refractivity contribution in [1.82, 2.24) is 10.3 Å². The van der Waals surface area contributed by atoms with Crippen LogP contribution in [-0.4, -0.2) is 50.8 Å². The van der Waals surface area contributed by atoms with E-state index in [1.807, 2.05) is 0 Å². The normalized spacial score (nSPS) is 16.6. The van der Waals surface area contributed by atoms with E-state index in [0.717, 1.165) is 0 Å². The molecular formula is C16H16ClN3O6S. The van der Waals surface area contributed by atoms with Crippen molar-refractivity contribution in [3.05, 3.63) is 41.0 Å². The van der Waals surface area contributed by atoms with E-state index in [2.05, 4.69) is 15.0 Å². The number of halogens is 1. The third-order valence-corrected chi connectivity index (χ3v) is 5.38. The number of ether oxygens (including phenoxy) is 2. The topological polar surface area (TPSA) is 127 Å². The molecule has 0 radical (unpaired) electrons. The van der Waals surface area contributed by atoms with Crippen LogP contribution in [-0.2, 0) is 10.0 Å². The zero-order valence-electron chi connectivity index (χ0n) is 14.1. The van der Waals surface area contributed by atoms with Crippen molar-refractivity contribution >= 4 is 33.2 Å². The molecule has 11 heteroatoms. The molecule has 27 heavy (non-hydrogen) atoms. The largest absolute Gasteiger partial charge is 0.495 e. The minimum absolute atomic E-state index is 0.0456. The average molecular weight is 414 g/mol. The number of aliphatic hydroxyl groups excluding tert-OH is 1. The zero-order chi connectivity index (χ0) is 19.6. The predicted octanol–water partition coefficient (Wildman–Crippen LogP) is 1.03. The zero-order valence-corrected chi connectivity index (χ0v) is 15.7. The average Bonchev–Trinajstić information content (AvgIpc) is 2.80. The summed E-state index contributed by atoms with van der Waals surface area (Å²) < 4.78 is 38.2. The number of aromatic nitrogens is 1. The Morgan fingerprint density at radius 3 is 2.93 bits per heavy atom. The van der Waals surface area contributed by atoms with Crippen LogP contribution in [0.25, 0.3) is 0 Å². The quantitative estimate of drug-likeness (QED) is 0.668. The SMILES string of the molecule is COc1ccc(Cl)cc1S(=O)(=O)Nc1cnc2c(c1)C(=O)N[C@@H](CO)CO2. The fraction of sp³-hybridized carbons (Fsp3) is 0.250. The van der Waals surface area contributed by atoms with Crippen molar-refractivity contribution in [3.63, 3.8) is 0 Å². The molecule has 0 fully saturated rings. The molecule has 2 heterocycles. The first-order valence-corrected chi connectivity index (χ1v) is 9.61. The summed E-state index contributed by atoms with van der Waals surface area (Å²) in [5, 5.41) is 12.0. The number of hydrogen-bond donors (Lipinski definition) is 3. The Bertz CT molecular complexity index is 982. The van der Waals surface area contributed by atoms with Crippen LogP contribution in [0.3, 0.4) is 0 Å². The van der Waals surface area contributed by atoms with Gasteiger partial charge in [-0.3, -0.25) is 9.52 Å². The second-order valence-electron chi connectivity index (χ2n) is 5.64. The standard InChI is InChI=1S/C16H16ClN3O6S/c1-25-13-3-2-9(17)4-14(13)27(23,24)20-10-5-12-15(22)19-11(7-21)8-26-16(12)18-6-10/h2-6,11,20-21H,7-8H2,1H3,(H,19,22)/t11-/m0/s1. The summed E-state index contributed by atoms with van der Waals surface area (Å²) >= 11 is 5.89. The lowest BCUT2D eigenvalue weighted by Gasteiger charge is -2.13. The molecule has 0 saturated carbocycles. The van der Waals surface area contributed by atoms with E-state index in [1.54, 1.807) is 0 Å². The minimum Gasteiger partial charge on any atom is -0.495 e. The van der Waals surface area contributed by atoms with Gasteiger partial charge in [0.15, 0.2) is 0 Å². The summed E-state index contributed by atoms with van der Waals surface area (Å²) in [6.45, 7) is -0.249. The molecule has 1 aliphatic heterocycles. The molecule has 1 aromatic heterocycles. The van der Waals surface area contributed by atoms with Crippen molar-refractivity contribution in [1.29, 1.82) is 0 Å². The number of fused-ring (bicyclic) bond motifs is 1. The first kappa shape index (κ1) is 19.2. The third-order valence-electron chi connectivity index (χ3n) is 3.74. The highest BCUT2D eigenvalue weighted by Gasteiger charge is 2.25. The maximum absolute atomic E-state index is 12.7. The molecule has 3 rings (SSSR count). The van der Waals surface area contributed by atoms with Crippen molar-refractivity contribution in [2.75, 3.05) is 25.0 Å². The Labute approximate surface area is 160 Å². The number of nitrogens with one attached hydrogen (secondary N) is 2. The molecule has 144 valence electrons. The van der Waals surface area contributed by atoms with Gasteiger partial charge in [-0.05, 0) is 24.3 Å². The molecule has 0 saturated heterocycles. The number of aliphatic hydroxyl groups is 1. The number of hydrogen-bond acceptors (Lipinski definition) is 7. The Morgan fingerprint density at radius 1 is 1.44 bits per heavy atom. The van der Waals surface area contributed by atoms with Crippen molar-refractivity contribution < 1.29 is 27.8 Å². The van der Waals surface area contributed by atoms with Gasteiger partial charge in [0.25, 0.3) is 15.9 Å². The molecule has 1 aliphatic rings. The second kappa shape index (κ2) is 7.59. The van der Waals surface area contributed by atoms with E-state index in [-0.39, 0.29) is 46.0 Å². The van der Waals surface area contributed by atoms with E-state index >= 15 is 0 Å². The number of rotatable bonds is 5. The van der Waals surface area contributed by atoms with Crippen LogP contribution in [0, 0.1) is 0 Å². The highest BCUT2D eigenvalue weighted by molar-refractivity contribution is 7.92. The van der Waals surface area contributed by atoms with Crippen LogP contribution < -0.4 is 19.5 Å². The molecule has 0 bridgehead atoms. The monoisotopic (exact) mass is 413 g/mol. The first-order chi connectivity index (χ1) is 12.8. The van der Waals surface area contributed by atoms with Gasteiger partial charge in [-0.1, -0.05) is 11.6 Å². The van der Waals surface area contributed by atoms with Gasteiger partial charge < -0.3 is 19.9 Å². The number of carbonyl (C=O) groups is 1. The van der Waals surface area contributed by atoms with Gasteiger partial charge in [0.05, 0.1) is 31.6 Å². The lowest BCUT2D eigenvalue weighted by molar-refractivity contribution is 0.0914. The third kappa shape index (κ3) is 4.07. The van der Waals surface area contributed by atoms with Crippen LogP contribution in [0.15, 0.2) is 35.4 Å². The van der Waals surface area contributed by atoms with E-state index in [0.29, 0.717) is 0 Å². The molecule has 3 N–H and O–H groups in total. The molecule has 0 spiro atoms. The van der Waals surface area contributed by atoms with E-state index < -0.39 is 22.0 Å². The van der Waals surface area contributed by atoms with Crippen LogP contribution in [0.4, 0.5) is 5.69 Å². The fourth-order valence-corrected chi connectivity index (χ4v) is 3.91. The number of anilines is 1. The van der Waals surface area contributed by atoms with Crippen LogP contribution in [0.2, 0.25) is 5.02 Å². The highest BCUT2D eigenvalue weighted by Crippen LogP contribution is 2.29. The molecule has 0 aliphatic carbocycles. The number of pyridine rings is 1. The van der Waals surface area contributed by atoms with E-state index in [1.165, 1.54) is 37.6 Å². The number of methoxy groups -OCH3 is 1. The van der Waals surface area contributed by atoms with Gasteiger partial charge in [0.1, 0.15) is 22.8 Å². The molecule has 2 aromatic rings. The van der Waals surface area contributed by atoms with Gasteiger partial charge in [-0.25, -0.2) is 13.4 Å². The number of nitrogens with zero attached hydrogens (tertiary/aromatic N) is 1. The lowest BCUT2D eigenvalue weighted by Crippen LogP contribution is -2.39. The Kier molecular flexibility index (Phi) is 5.40. The Balaban J connectivity index is 1.93. The van der Waals surface area contributed by atoms with Crippen LogP contribution in [0.1, 0.15) is 10.4 Å². The summed E-state index contributed by atoms with van der Waals surface area (Å²) in [5.41, 5.74) is 0.0983. The van der Waals surface area contributed by atoms with Crippen molar-refractivity contribution in [2.24, 2.45) is 0 Å². The smallest absolute Gasteiger partial charge is 0.265 e. The Morgan fingerprint density at radius 2 is 2.22 bits per heavy atom. The number of sulfonamides is 1. The number of benzene rings is 1. The molecular weight excluding hydrogens is 398 g/mol. The summed E-state index contributed by atoms with van der Waals surface area (Å²) in [6.07, 6.45) is 1.22. The van der Waals surface area contributed by atoms with Gasteiger partial charge in [0.2, 0.25) is 5.88 Å². The summed E-state index contributed by atoms with van der Waals surface area (Å²) in [5.74, 6) is -0.372. The fourth-order valence-electron chi connectivity index (χ4n) is 2.44. The van der Waals surface area contributed by atoms with Crippen LogP contribution >= 0.6 is 11.6 Å².